The predicted octanol–water partition coefficient (Wildman–Crippen LogP) is 3.24. The minimum atomic E-state index is 0.253. The van der Waals surface area contributed by atoms with Gasteiger partial charge in [-0.05, 0) is 59.7 Å². The van der Waals surface area contributed by atoms with Gasteiger partial charge in [0, 0.05) is 24.5 Å². The van der Waals surface area contributed by atoms with Crippen LogP contribution in [-0.2, 0) is 13.0 Å². The molecule has 2 aromatic rings. The minimum absolute atomic E-state index is 0.253. The first-order valence-corrected chi connectivity index (χ1v) is 7.15. The van der Waals surface area contributed by atoms with Gasteiger partial charge in [-0.2, -0.15) is 11.3 Å². The molecule has 2 N–H and O–H groups in total. The molecule has 1 unspecified atom stereocenters. The van der Waals surface area contributed by atoms with E-state index < -0.39 is 0 Å². The van der Waals surface area contributed by atoms with Crippen LogP contribution in [0.3, 0.4) is 0 Å². The Morgan fingerprint density at radius 1 is 1.47 bits per heavy atom. The number of fused-ring (bicyclic) bond motifs is 1. The highest BCUT2D eigenvalue weighted by molar-refractivity contribution is 7.08. The third-order valence-electron chi connectivity index (χ3n) is 3.74. The van der Waals surface area contributed by atoms with Crippen molar-refractivity contribution in [3.63, 3.8) is 0 Å². The van der Waals surface area contributed by atoms with E-state index in [9.17, 15) is 0 Å². The number of nitrogens with two attached hydrogens (primary N) is 1. The largest absolute Gasteiger partial charge is 0.347 e. The molecule has 0 spiro atoms. The van der Waals surface area contributed by atoms with Gasteiger partial charge in [-0.15, -0.1) is 0 Å². The molecule has 2 heterocycles. The second kappa shape index (κ2) is 4.31. The number of aromatic nitrogens is 1. The van der Waals surface area contributed by atoms with E-state index in [0.717, 1.165) is 13.0 Å². The molecule has 17 heavy (non-hydrogen) atoms. The van der Waals surface area contributed by atoms with E-state index in [0.29, 0.717) is 0 Å². The number of hydrogen-bond acceptors (Lipinski definition) is 2. The van der Waals surface area contributed by atoms with E-state index in [-0.39, 0.29) is 6.04 Å². The van der Waals surface area contributed by atoms with Crippen molar-refractivity contribution in [2.75, 3.05) is 0 Å². The van der Waals surface area contributed by atoms with E-state index in [2.05, 4.69) is 34.5 Å². The lowest BCUT2D eigenvalue weighted by Gasteiger charge is -2.21. The van der Waals surface area contributed by atoms with Gasteiger partial charge in [0.05, 0.1) is 0 Å². The third kappa shape index (κ3) is 1.94. The van der Waals surface area contributed by atoms with E-state index in [1.54, 1.807) is 11.3 Å². The fraction of sp³-hybridized carbons (Fsp3) is 0.429. The van der Waals surface area contributed by atoms with Crippen LogP contribution < -0.4 is 5.73 Å². The van der Waals surface area contributed by atoms with E-state index in [4.69, 9.17) is 5.73 Å². The van der Waals surface area contributed by atoms with Crippen LogP contribution in [0.5, 0.6) is 0 Å². The maximum absolute atomic E-state index is 6.15. The van der Waals surface area contributed by atoms with Gasteiger partial charge in [0.25, 0.3) is 0 Å². The summed E-state index contributed by atoms with van der Waals surface area (Å²) in [5.41, 5.74) is 11.8. The predicted molar refractivity (Wildman–Crippen MR) is 72.5 cm³/mol. The molecular formula is C14H18N2S. The highest BCUT2D eigenvalue weighted by Crippen LogP contribution is 2.29. The summed E-state index contributed by atoms with van der Waals surface area (Å²) in [5, 5.41) is 4.47. The topological polar surface area (TPSA) is 30.9 Å². The SMILES string of the molecule is Cc1cscc1Cn1ccc2c1CCCC2N. The maximum atomic E-state index is 6.15. The zero-order valence-corrected chi connectivity index (χ0v) is 11.0. The number of hydrogen-bond donors (Lipinski definition) is 1. The molecule has 1 atom stereocenters. The summed E-state index contributed by atoms with van der Waals surface area (Å²) < 4.78 is 2.38. The van der Waals surface area contributed by atoms with Gasteiger partial charge >= 0.3 is 0 Å². The summed E-state index contributed by atoms with van der Waals surface area (Å²) in [4.78, 5) is 0. The van der Waals surface area contributed by atoms with Crippen LogP contribution in [0.4, 0.5) is 0 Å². The summed E-state index contributed by atoms with van der Waals surface area (Å²) in [6.45, 7) is 3.19. The fourth-order valence-electron chi connectivity index (χ4n) is 2.67. The van der Waals surface area contributed by atoms with Crippen LogP contribution in [0.25, 0.3) is 0 Å². The smallest absolute Gasteiger partial charge is 0.0483 e. The van der Waals surface area contributed by atoms with Crippen LogP contribution in [0.15, 0.2) is 23.0 Å². The van der Waals surface area contributed by atoms with Crippen molar-refractivity contribution in [3.8, 4) is 0 Å². The summed E-state index contributed by atoms with van der Waals surface area (Å²) in [6.07, 6.45) is 5.74. The van der Waals surface area contributed by atoms with Gasteiger partial charge < -0.3 is 10.3 Å². The second-order valence-electron chi connectivity index (χ2n) is 4.92. The monoisotopic (exact) mass is 246 g/mol. The average molecular weight is 246 g/mol. The summed E-state index contributed by atoms with van der Waals surface area (Å²) in [6, 6.07) is 2.46. The molecular weight excluding hydrogens is 228 g/mol. The average Bonchev–Trinajstić information content (AvgIpc) is 2.89. The van der Waals surface area contributed by atoms with Gasteiger partial charge in [-0.25, -0.2) is 0 Å². The van der Waals surface area contributed by atoms with Crippen molar-refractivity contribution in [3.05, 3.63) is 45.4 Å². The standard InChI is InChI=1S/C14H18N2S/c1-10-8-17-9-11(10)7-16-6-5-12-13(15)3-2-4-14(12)16/h5-6,8-9,13H,2-4,7,15H2,1H3. The lowest BCUT2D eigenvalue weighted by molar-refractivity contribution is 0.548. The molecule has 0 saturated carbocycles. The fourth-order valence-corrected chi connectivity index (χ4v) is 3.52. The van der Waals surface area contributed by atoms with E-state index >= 15 is 0 Å². The molecule has 3 heteroatoms. The maximum Gasteiger partial charge on any atom is 0.0483 e. The zero-order chi connectivity index (χ0) is 11.8. The zero-order valence-electron chi connectivity index (χ0n) is 10.1. The van der Waals surface area contributed by atoms with Crippen molar-refractivity contribution in [2.24, 2.45) is 5.73 Å². The molecule has 1 aliphatic rings. The molecule has 0 saturated heterocycles. The molecule has 0 amide bonds. The summed E-state index contributed by atoms with van der Waals surface area (Å²) in [7, 11) is 0. The second-order valence-corrected chi connectivity index (χ2v) is 5.67. The minimum Gasteiger partial charge on any atom is -0.347 e. The first-order valence-electron chi connectivity index (χ1n) is 6.21. The Morgan fingerprint density at radius 3 is 3.12 bits per heavy atom. The third-order valence-corrected chi connectivity index (χ3v) is 4.65. The molecule has 2 nitrogen and oxygen atoms in total. The van der Waals surface area contributed by atoms with Crippen LogP contribution in [-0.4, -0.2) is 4.57 Å². The molecule has 3 rings (SSSR count). The van der Waals surface area contributed by atoms with Gasteiger partial charge in [-0.1, -0.05) is 0 Å². The number of aryl methyl sites for hydroxylation is 1. The van der Waals surface area contributed by atoms with Crippen LogP contribution in [0, 0.1) is 6.92 Å². The highest BCUT2D eigenvalue weighted by Gasteiger charge is 2.20. The van der Waals surface area contributed by atoms with Crippen molar-refractivity contribution in [1.29, 1.82) is 0 Å². The quantitative estimate of drug-likeness (QED) is 0.866. The van der Waals surface area contributed by atoms with Crippen molar-refractivity contribution in [1.82, 2.24) is 4.57 Å². The molecule has 0 aliphatic heterocycles. The first-order chi connectivity index (χ1) is 8.25. The van der Waals surface area contributed by atoms with Crippen LogP contribution in [0.1, 0.15) is 41.3 Å². The summed E-state index contributed by atoms with van der Waals surface area (Å²) in [5.74, 6) is 0. The molecule has 1 aliphatic carbocycles. The Kier molecular flexibility index (Phi) is 2.81. The lowest BCUT2D eigenvalue weighted by Crippen LogP contribution is -2.18. The van der Waals surface area contributed by atoms with Gasteiger partial charge in [-0.3, -0.25) is 0 Å². The normalized spacial score (nSPS) is 19.3. The van der Waals surface area contributed by atoms with Gasteiger partial charge in [0.2, 0.25) is 0 Å². The Labute approximate surface area is 106 Å². The van der Waals surface area contributed by atoms with Crippen molar-refractivity contribution >= 4 is 11.3 Å². The Bertz CT molecular complexity index is 524. The molecule has 0 radical (unpaired) electrons. The highest BCUT2D eigenvalue weighted by atomic mass is 32.1. The first kappa shape index (κ1) is 11.1. The van der Waals surface area contributed by atoms with Crippen LogP contribution >= 0.6 is 11.3 Å². The Hall–Kier alpha value is -1.06. The van der Waals surface area contributed by atoms with E-state index in [1.165, 1.54) is 35.2 Å². The van der Waals surface area contributed by atoms with Gasteiger partial charge in [0.15, 0.2) is 0 Å². The lowest BCUT2D eigenvalue weighted by atomic mass is 9.93. The van der Waals surface area contributed by atoms with Crippen LogP contribution in [0.2, 0.25) is 0 Å². The molecule has 90 valence electrons. The van der Waals surface area contributed by atoms with E-state index in [1.807, 2.05) is 0 Å². The van der Waals surface area contributed by atoms with Gasteiger partial charge in [0.1, 0.15) is 0 Å². The van der Waals surface area contributed by atoms with Crippen molar-refractivity contribution in [2.45, 2.75) is 38.8 Å². The molecule has 0 bridgehead atoms. The van der Waals surface area contributed by atoms with Crippen molar-refractivity contribution < 1.29 is 0 Å². The Morgan fingerprint density at radius 2 is 2.35 bits per heavy atom. The summed E-state index contributed by atoms with van der Waals surface area (Å²) >= 11 is 1.79. The number of nitrogens with zero attached hydrogens (tertiary/aromatic N) is 1. The number of thiophene rings is 1. The molecule has 0 fully saturated rings. The molecule has 2 aromatic heterocycles. The Balaban J connectivity index is 1.92. The molecule has 0 aromatic carbocycles. The number of rotatable bonds is 2.